The lowest BCUT2D eigenvalue weighted by atomic mass is 9.95. The average molecular weight is 254 g/mol. The first-order chi connectivity index (χ1) is 8.79. The van der Waals surface area contributed by atoms with Gasteiger partial charge in [-0.3, -0.25) is 0 Å². The van der Waals surface area contributed by atoms with Gasteiger partial charge in [0.05, 0.1) is 0 Å². The highest BCUT2D eigenvalue weighted by Gasteiger charge is 2.27. The minimum atomic E-state index is -0.0227. The Hall–Kier alpha value is -0.770. The summed E-state index contributed by atoms with van der Waals surface area (Å²) in [6.07, 6.45) is 9.44. The fourth-order valence-corrected chi connectivity index (χ4v) is 3.33. The van der Waals surface area contributed by atoms with Crippen molar-refractivity contribution in [1.82, 2.24) is 10.6 Å². The molecule has 4 nitrogen and oxygen atoms in total. The summed E-state index contributed by atoms with van der Waals surface area (Å²) in [5.74, 6) is 0.854. The van der Waals surface area contributed by atoms with E-state index in [1.165, 1.54) is 25.7 Å². The van der Waals surface area contributed by atoms with E-state index in [4.69, 9.17) is 0 Å². The van der Waals surface area contributed by atoms with Crippen LogP contribution in [0.15, 0.2) is 0 Å². The fourth-order valence-electron chi connectivity index (χ4n) is 3.33. The zero-order valence-corrected chi connectivity index (χ0v) is 11.2. The zero-order chi connectivity index (χ0) is 12.8. The van der Waals surface area contributed by atoms with Crippen LogP contribution in [0.25, 0.3) is 0 Å². The normalized spacial score (nSPS) is 29.2. The molecule has 2 unspecified atom stereocenters. The molecular weight excluding hydrogens is 228 g/mol. The van der Waals surface area contributed by atoms with Crippen molar-refractivity contribution < 1.29 is 9.90 Å². The number of urea groups is 1. The molecule has 2 fully saturated rings. The SMILES string of the molecule is O=C(NCC1CCCC1CO)NC1CCCCC1. The third kappa shape index (κ3) is 3.87. The van der Waals surface area contributed by atoms with E-state index in [1.807, 2.05) is 0 Å². The van der Waals surface area contributed by atoms with Gasteiger partial charge in [0.25, 0.3) is 0 Å². The van der Waals surface area contributed by atoms with Crippen LogP contribution in [0.4, 0.5) is 4.79 Å². The molecule has 0 heterocycles. The number of hydrogen-bond donors (Lipinski definition) is 3. The Bertz CT molecular complexity index is 265. The third-order valence-corrected chi connectivity index (χ3v) is 4.52. The van der Waals surface area contributed by atoms with Crippen molar-refractivity contribution in [2.45, 2.75) is 57.4 Å². The zero-order valence-electron chi connectivity index (χ0n) is 11.2. The minimum absolute atomic E-state index is 0.0227. The number of nitrogens with one attached hydrogen (secondary N) is 2. The van der Waals surface area contributed by atoms with E-state index in [0.29, 0.717) is 24.4 Å². The van der Waals surface area contributed by atoms with Gasteiger partial charge in [-0.25, -0.2) is 4.79 Å². The fraction of sp³-hybridized carbons (Fsp3) is 0.929. The molecule has 0 saturated heterocycles. The van der Waals surface area contributed by atoms with Gasteiger partial charge in [0.2, 0.25) is 0 Å². The smallest absolute Gasteiger partial charge is 0.315 e. The van der Waals surface area contributed by atoms with Crippen LogP contribution in [0.1, 0.15) is 51.4 Å². The van der Waals surface area contributed by atoms with Crippen LogP contribution in [0, 0.1) is 11.8 Å². The lowest BCUT2D eigenvalue weighted by Crippen LogP contribution is -2.44. The first-order valence-electron chi connectivity index (χ1n) is 7.45. The highest BCUT2D eigenvalue weighted by atomic mass is 16.3. The first kappa shape index (κ1) is 13.7. The molecule has 0 aromatic carbocycles. The quantitative estimate of drug-likeness (QED) is 0.719. The highest BCUT2D eigenvalue weighted by molar-refractivity contribution is 5.74. The Balaban J connectivity index is 1.64. The number of carbonyl (C=O) groups is 1. The van der Waals surface area contributed by atoms with Gasteiger partial charge >= 0.3 is 6.03 Å². The lowest BCUT2D eigenvalue weighted by molar-refractivity contribution is 0.189. The first-order valence-corrected chi connectivity index (χ1v) is 7.45. The van der Waals surface area contributed by atoms with Crippen molar-refractivity contribution in [3.05, 3.63) is 0 Å². The second-order valence-corrected chi connectivity index (χ2v) is 5.82. The lowest BCUT2D eigenvalue weighted by Gasteiger charge is -2.24. The van der Waals surface area contributed by atoms with Crippen LogP contribution in [0.3, 0.4) is 0 Å². The Kier molecular flexibility index (Phi) is 5.29. The average Bonchev–Trinajstić information content (AvgIpc) is 2.85. The molecule has 0 bridgehead atoms. The van der Waals surface area contributed by atoms with E-state index in [0.717, 1.165) is 25.7 Å². The summed E-state index contributed by atoms with van der Waals surface area (Å²) in [6.45, 7) is 0.973. The van der Waals surface area contributed by atoms with Gasteiger partial charge in [-0.15, -0.1) is 0 Å². The van der Waals surface area contributed by atoms with E-state index in [-0.39, 0.29) is 12.6 Å². The third-order valence-electron chi connectivity index (χ3n) is 4.52. The molecule has 2 saturated carbocycles. The van der Waals surface area contributed by atoms with Gasteiger partial charge in [0, 0.05) is 19.2 Å². The van der Waals surface area contributed by atoms with Gasteiger partial charge < -0.3 is 15.7 Å². The molecule has 2 atom stereocenters. The van der Waals surface area contributed by atoms with Gasteiger partial charge in [-0.05, 0) is 37.5 Å². The van der Waals surface area contributed by atoms with Crippen molar-refractivity contribution in [3.63, 3.8) is 0 Å². The predicted molar refractivity (Wildman–Crippen MR) is 71.3 cm³/mol. The maximum absolute atomic E-state index is 11.8. The molecule has 18 heavy (non-hydrogen) atoms. The standard InChI is InChI=1S/C14H26N2O2/c17-10-12-6-4-5-11(12)9-15-14(18)16-13-7-2-1-3-8-13/h11-13,17H,1-10H2,(H2,15,16,18). The maximum atomic E-state index is 11.8. The van der Waals surface area contributed by atoms with Gasteiger partial charge in [-0.1, -0.05) is 25.7 Å². The molecule has 0 spiro atoms. The summed E-state index contributed by atoms with van der Waals surface area (Å²) in [7, 11) is 0. The van der Waals surface area contributed by atoms with Crippen molar-refractivity contribution in [2.24, 2.45) is 11.8 Å². The summed E-state index contributed by atoms with van der Waals surface area (Å²) in [4.78, 5) is 11.8. The number of carbonyl (C=O) groups excluding carboxylic acids is 1. The molecule has 3 N–H and O–H groups in total. The molecule has 2 aliphatic rings. The number of amides is 2. The van der Waals surface area contributed by atoms with E-state index in [9.17, 15) is 9.90 Å². The summed E-state index contributed by atoms with van der Waals surface area (Å²) in [5.41, 5.74) is 0. The van der Waals surface area contributed by atoms with Crippen molar-refractivity contribution in [1.29, 1.82) is 0 Å². The topological polar surface area (TPSA) is 61.4 Å². The number of rotatable bonds is 4. The van der Waals surface area contributed by atoms with E-state index in [1.54, 1.807) is 0 Å². The highest BCUT2D eigenvalue weighted by Crippen LogP contribution is 2.30. The largest absolute Gasteiger partial charge is 0.396 e. The van der Waals surface area contributed by atoms with E-state index < -0.39 is 0 Å². The van der Waals surface area contributed by atoms with Crippen molar-refractivity contribution in [3.8, 4) is 0 Å². The monoisotopic (exact) mass is 254 g/mol. The molecule has 0 aliphatic heterocycles. The van der Waals surface area contributed by atoms with E-state index >= 15 is 0 Å². The molecular formula is C14H26N2O2. The molecule has 2 rings (SSSR count). The Morgan fingerprint density at radius 3 is 2.44 bits per heavy atom. The summed E-state index contributed by atoms with van der Waals surface area (Å²) >= 11 is 0. The van der Waals surface area contributed by atoms with Gasteiger partial charge in [0.15, 0.2) is 0 Å². The molecule has 0 radical (unpaired) electrons. The summed E-state index contributed by atoms with van der Waals surface area (Å²) < 4.78 is 0. The van der Waals surface area contributed by atoms with Crippen molar-refractivity contribution in [2.75, 3.05) is 13.2 Å². The molecule has 2 amide bonds. The van der Waals surface area contributed by atoms with Gasteiger partial charge in [0.1, 0.15) is 0 Å². The second kappa shape index (κ2) is 6.98. The van der Waals surface area contributed by atoms with Crippen LogP contribution in [0.2, 0.25) is 0 Å². The Labute approximate surface area is 110 Å². The van der Waals surface area contributed by atoms with Crippen LogP contribution < -0.4 is 10.6 Å². The molecule has 0 aromatic heterocycles. The van der Waals surface area contributed by atoms with Crippen LogP contribution in [-0.2, 0) is 0 Å². The molecule has 2 aliphatic carbocycles. The predicted octanol–water partition coefficient (Wildman–Crippen LogP) is 2.03. The number of hydrogen-bond acceptors (Lipinski definition) is 2. The van der Waals surface area contributed by atoms with Crippen LogP contribution in [0.5, 0.6) is 0 Å². The molecule has 0 aromatic rings. The summed E-state index contributed by atoms with van der Waals surface area (Å²) in [5, 5.41) is 15.3. The molecule has 4 heteroatoms. The second-order valence-electron chi connectivity index (χ2n) is 5.82. The number of aliphatic hydroxyl groups excluding tert-OH is 1. The minimum Gasteiger partial charge on any atom is -0.396 e. The maximum Gasteiger partial charge on any atom is 0.315 e. The summed E-state index contributed by atoms with van der Waals surface area (Å²) in [6, 6.07) is 0.349. The molecule has 104 valence electrons. The van der Waals surface area contributed by atoms with E-state index in [2.05, 4.69) is 10.6 Å². The Morgan fingerprint density at radius 1 is 1.00 bits per heavy atom. The van der Waals surface area contributed by atoms with Crippen molar-refractivity contribution >= 4 is 6.03 Å². The van der Waals surface area contributed by atoms with Crippen LogP contribution >= 0.6 is 0 Å². The Morgan fingerprint density at radius 2 is 1.72 bits per heavy atom. The van der Waals surface area contributed by atoms with Crippen LogP contribution in [-0.4, -0.2) is 30.3 Å². The van der Waals surface area contributed by atoms with Gasteiger partial charge in [-0.2, -0.15) is 0 Å². The number of aliphatic hydroxyl groups is 1.